The topological polar surface area (TPSA) is 93.1 Å². The van der Waals surface area contributed by atoms with Crippen molar-refractivity contribution in [1.29, 1.82) is 0 Å². The second kappa shape index (κ2) is 5.08. The highest BCUT2D eigenvalue weighted by atomic mass is 16.5. The van der Waals surface area contributed by atoms with Gasteiger partial charge in [0, 0.05) is 29.4 Å². The van der Waals surface area contributed by atoms with Crippen LogP contribution in [0, 0.1) is 0 Å². The standard InChI is InChI=1S/C14H12O6/c1-19-13-5-9(15)7(3-11(13)17)8-4-12(18)14(20-2)6-10(8)16/h3-6,15,17H,1-2H3. The average Bonchev–Trinajstić information content (AvgIpc) is 2.43. The number of phenolic OH excluding ortho intramolecular Hbond substituents is 2. The Bertz CT molecular complexity index is 654. The van der Waals surface area contributed by atoms with Gasteiger partial charge < -0.3 is 19.7 Å². The average molecular weight is 276 g/mol. The lowest BCUT2D eigenvalue weighted by Gasteiger charge is -2.14. The summed E-state index contributed by atoms with van der Waals surface area (Å²) in [4.78, 5) is 23.6. The third-order valence-electron chi connectivity index (χ3n) is 2.85. The number of carbonyl (C=O) groups excluding carboxylic acids is 2. The molecule has 20 heavy (non-hydrogen) atoms. The first-order valence-electron chi connectivity index (χ1n) is 5.64. The van der Waals surface area contributed by atoms with Crippen LogP contribution in [-0.4, -0.2) is 36.0 Å². The SMILES string of the molecule is COC1=CC(=O)C(c2cc(O)c(OC)cc2O)=CC1=O. The van der Waals surface area contributed by atoms with Crippen LogP contribution >= 0.6 is 0 Å². The zero-order valence-electron chi connectivity index (χ0n) is 10.8. The molecule has 0 aromatic heterocycles. The van der Waals surface area contributed by atoms with E-state index < -0.39 is 11.6 Å². The summed E-state index contributed by atoms with van der Waals surface area (Å²) in [6.45, 7) is 0. The summed E-state index contributed by atoms with van der Waals surface area (Å²) in [7, 11) is 2.61. The lowest BCUT2D eigenvalue weighted by atomic mass is 9.94. The van der Waals surface area contributed by atoms with Gasteiger partial charge in [-0.3, -0.25) is 9.59 Å². The molecule has 0 spiro atoms. The number of benzene rings is 1. The zero-order valence-corrected chi connectivity index (χ0v) is 10.8. The molecule has 104 valence electrons. The molecule has 0 amide bonds. The number of rotatable bonds is 3. The molecule has 2 N–H and O–H groups in total. The zero-order chi connectivity index (χ0) is 14.9. The van der Waals surface area contributed by atoms with E-state index in [0.29, 0.717) is 0 Å². The molecule has 0 saturated carbocycles. The maximum Gasteiger partial charge on any atom is 0.221 e. The van der Waals surface area contributed by atoms with Crippen molar-refractivity contribution in [2.75, 3.05) is 14.2 Å². The van der Waals surface area contributed by atoms with Crippen LogP contribution < -0.4 is 4.74 Å². The molecule has 0 saturated heterocycles. The van der Waals surface area contributed by atoms with Crippen molar-refractivity contribution < 1.29 is 29.3 Å². The van der Waals surface area contributed by atoms with Crippen molar-refractivity contribution in [3.63, 3.8) is 0 Å². The van der Waals surface area contributed by atoms with Crippen LogP contribution in [0.3, 0.4) is 0 Å². The molecular weight excluding hydrogens is 264 g/mol. The first-order valence-corrected chi connectivity index (χ1v) is 5.64. The van der Waals surface area contributed by atoms with E-state index in [-0.39, 0.29) is 34.1 Å². The number of methoxy groups -OCH3 is 2. The molecule has 0 unspecified atom stereocenters. The summed E-state index contributed by atoms with van der Waals surface area (Å²) in [5.41, 5.74) is 0.0271. The lowest BCUT2D eigenvalue weighted by Crippen LogP contribution is -2.13. The molecular formula is C14H12O6. The quantitative estimate of drug-likeness (QED) is 0.636. The van der Waals surface area contributed by atoms with Crippen LogP contribution in [0.15, 0.2) is 30.0 Å². The molecule has 6 heteroatoms. The first-order chi connectivity index (χ1) is 9.47. The van der Waals surface area contributed by atoms with Gasteiger partial charge in [0.2, 0.25) is 5.78 Å². The van der Waals surface area contributed by atoms with E-state index in [1.54, 1.807) is 0 Å². The van der Waals surface area contributed by atoms with Crippen LogP contribution in [0.1, 0.15) is 5.56 Å². The van der Waals surface area contributed by atoms with Gasteiger partial charge in [0.25, 0.3) is 0 Å². The summed E-state index contributed by atoms with van der Waals surface area (Å²) in [6.07, 6.45) is 2.10. The smallest absolute Gasteiger partial charge is 0.221 e. The van der Waals surface area contributed by atoms with Gasteiger partial charge in [-0.05, 0) is 6.07 Å². The van der Waals surface area contributed by atoms with E-state index in [2.05, 4.69) is 0 Å². The van der Waals surface area contributed by atoms with E-state index in [1.165, 1.54) is 20.3 Å². The van der Waals surface area contributed by atoms with Gasteiger partial charge in [-0.2, -0.15) is 0 Å². The van der Waals surface area contributed by atoms with Gasteiger partial charge in [0.1, 0.15) is 5.75 Å². The Morgan fingerprint density at radius 3 is 2.20 bits per heavy atom. The molecule has 1 aromatic carbocycles. The maximum atomic E-state index is 11.9. The summed E-state index contributed by atoms with van der Waals surface area (Å²) in [5.74, 6) is -1.52. The van der Waals surface area contributed by atoms with Crippen LogP contribution in [0.25, 0.3) is 5.57 Å². The summed E-state index contributed by atoms with van der Waals surface area (Å²) in [5, 5.41) is 19.6. The van der Waals surface area contributed by atoms with Crippen LogP contribution in [0.5, 0.6) is 17.2 Å². The third kappa shape index (κ3) is 2.23. The highest BCUT2D eigenvalue weighted by Gasteiger charge is 2.24. The molecule has 0 radical (unpaired) electrons. The number of ketones is 2. The Labute approximate surface area is 114 Å². The maximum absolute atomic E-state index is 11.9. The Kier molecular flexibility index (Phi) is 3.47. The van der Waals surface area contributed by atoms with Crippen molar-refractivity contribution in [2.24, 2.45) is 0 Å². The van der Waals surface area contributed by atoms with Crippen LogP contribution in [0.4, 0.5) is 0 Å². The van der Waals surface area contributed by atoms with Crippen molar-refractivity contribution in [3.8, 4) is 17.2 Å². The number of phenols is 2. The normalized spacial score (nSPS) is 14.7. The molecule has 0 atom stereocenters. The Balaban J connectivity index is 2.51. The fourth-order valence-electron chi connectivity index (χ4n) is 1.85. The van der Waals surface area contributed by atoms with E-state index in [4.69, 9.17) is 9.47 Å². The number of aromatic hydroxyl groups is 2. The molecule has 0 aliphatic heterocycles. The molecule has 6 nitrogen and oxygen atoms in total. The van der Waals surface area contributed by atoms with E-state index in [1.807, 2.05) is 0 Å². The molecule has 1 aromatic rings. The second-order valence-corrected chi connectivity index (χ2v) is 4.04. The highest BCUT2D eigenvalue weighted by molar-refractivity contribution is 6.35. The number of ether oxygens (including phenoxy) is 2. The molecule has 0 heterocycles. The van der Waals surface area contributed by atoms with Gasteiger partial charge in [-0.15, -0.1) is 0 Å². The fraction of sp³-hybridized carbons (Fsp3) is 0.143. The number of hydrogen-bond acceptors (Lipinski definition) is 6. The van der Waals surface area contributed by atoms with Crippen molar-refractivity contribution in [3.05, 3.63) is 35.6 Å². The molecule has 2 rings (SSSR count). The van der Waals surface area contributed by atoms with Gasteiger partial charge in [0.15, 0.2) is 23.0 Å². The molecule has 0 bridgehead atoms. The summed E-state index contributed by atoms with van der Waals surface area (Å²) >= 11 is 0. The lowest BCUT2D eigenvalue weighted by molar-refractivity contribution is -0.116. The Morgan fingerprint density at radius 2 is 1.60 bits per heavy atom. The van der Waals surface area contributed by atoms with Gasteiger partial charge in [-0.1, -0.05) is 0 Å². The first kappa shape index (κ1) is 13.7. The largest absolute Gasteiger partial charge is 0.507 e. The molecule has 1 aliphatic carbocycles. The minimum Gasteiger partial charge on any atom is -0.507 e. The predicted octanol–water partition coefficient (Wildman–Crippen LogP) is 1.17. The number of allylic oxidation sites excluding steroid dienone is 3. The molecule has 1 aliphatic rings. The minimum absolute atomic E-state index is 0.0220. The van der Waals surface area contributed by atoms with Gasteiger partial charge >= 0.3 is 0 Å². The summed E-state index contributed by atoms with van der Waals surface area (Å²) in [6, 6.07) is 2.33. The molecule has 0 fully saturated rings. The summed E-state index contributed by atoms with van der Waals surface area (Å²) < 4.78 is 9.60. The van der Waals surface area contributed by atoms with Crippen molar-refractivity contribution in [1.82, 2.24) is 0 Å². The fourth-order valence-corrected chi connectivity index (χ4v) is 1.85. The van der Waals surface area contributed by atoms with Crippen LogP contribution in [0.2, 0.25) is 0 Å². The number of hydrogen-bond donors (Lipinski definition) is 2. The predicted molar refractivity (Wildman–Crippen MR) is 69.4 cm³/mol. The highest BCUT2D eigenvalue weighted by Crippen LogP contribution is 2.37. The Hall–Kier alpha value is -2.76. The monoisotopic (exact) mass is 276 g/mol. The Morgan fingerprint density at radius 1 is 0.900 bits per heavy atom. The second-order valence-electron chi connectivity index (χ2n) is 4.04. The minimum atomic E-state index is -0.499. The third-order valence-corrected chi connectivity index (χ3v) is 2.85. The van der Waals surface area contributed by atoms with Crippen LogP contribution in [-0.2, 0) is 14.3 Å². The van der Waals surface area contributed by atoms with E-state index >= 15 is 0 Å². The van der Waals surface area contributed by atoms with E-state index in [0.717, 1.165) is 18.2 Å². The van der Waals surface area contributed by atoms with Crippen molar-refractivity contribution >= 4 is 17.1 Å². The van der Waals surface area contributed by atoms with E-state index in [9.17, 15) is 19.8 Å². The van der Waals surface area contributed by atoms with Gasteiger partial charge in [0.05, 0.1) is 14.2 Å². The van der Waals surface area contributed by atoms with Crippen molar-refractivity contribution in [2.45, 2.75) is 0 Å². The number of carbonyl (C=O) groups is 2. The van der Waals surface area contributed by atoms with Gasteiger partial charge in [-0.25, -0.2) is 0 Å².